The van der Waals surface area contributed by atoms with E-state index in [1.54, 1.807) is 13.1 Å². The minimum absolute atomic E-state index is 0.434. The topological polar surface area (TPSA) is 39.6 Å². The normalized spacial score (nSPS) is 26.0. The Labute approximate surface area is 115 Å². The van der Waals surface area contributed by atoms with Gasteiger partial charge in [-0.25, -0.2) is 4.98 Å². The third-order valence-electron chi connectivity index (χ3n) is 4.38. The lowest BCUT2D eigenvalue weighted by atomic mass is 10.2. The molecule has 0 bridgehead atoms. The molecule has 2 atom stereocenters. The molecule has 1 N–H and O–H groups in total. The molecule has 4 nitrogen and oxygen atoms in total. The molecule has 0 radical (unpaired) electrons. The van der Waals surface area contributed by atoms with E-state index in [0.717, 1.165) is 24.5 Å². The third kappa shape index (κ3) is 2.74. The fraction of sp³-hybridized carbons (Fsp3) is 0.667. The Kier molecular flexibility index (Phi) is 3.71. The van der Waals surface area contributed by atoms with Gasteiger partial charge in [0.05, 0.1) is 6.10 Å². The minimum Gasteiger partial charge on any atom is -0.389 e. The number of aliphatic hydroxyl groups excluding tert-OH is 1. The molecule has 0 saturated carbocycles. The van der Waals surface area contributed by atoms with E-state index in [2.05, 4.69) is 14.8 Å². The average Bonchev–Trinajstić information content (AvgIpc) is 2.76. The van der Waals surface area contributed by atoms with Crippen LogP contribution in [0.15, 0.2) is 18.3 Å². The second-order valence-electron chi connectivity index (χ2n) is 5.76. The molecule has 3 heterocycles. The molecular formula is C15H23N3O. The number of rotatable bonds is 2. The molecule has 4 heteroatoms. The molecule has 3 rings (SSSR count). The minimum atomic E-state index is -0.434. The van der Waals surface area contributed by atoms with Crippen molar-refractivity contribution in [3.63, 3.8) is 0 Å². The lowest BCUT2D eigenvalue weighted by molar-refractivity contribution is 0.199. The first-order chi connectivity index (χ1) is 9.24. The Bertz CT molecular complexity index is 418. The smallest absolute Gasteiger partial charge is 0.128 e. The van der Waals surface area contributed by atoms with Crippen molar-refractivity contribution in [1.82, 2.24) is 9.88 Å². The molecule has 0 aromatic carbocycles. The van der Waals surface area contributed by atoms with E-state index >= 15 is 0 Å². The summed E-state index contributed by atoms with van der Waals surface area (Å²) in [6.07, 6.45) is 5.25. The van der Waals surface area contributed by atoms with Gasteiger partial charge in [-0.05, 0) is 44.4 Å². The van der Waals surface area contributed by atoms with Gasteiger partial charge in [0.25, 0.3) is 0 Å². The Morgan fingerprint density at radius 2 is 2.11 bits per heavy atom. The highest BCUT2D eigenvalue weighted by Crippen LogP contribution is 2.24. The number of nitrogens with zero attached hydrogens (tertiary/aromatic N) is 3. The van der Waals surface area contributed by atoms with E-state index in [0.29, 0.717) is 6.04 Å². The van der Waals surface area contributed by atoms with Crippen LogP contribution >= 0.6 is 0 Å². The lowest BCUT2D eigenvalue weighted by Gasteiger charge is -2.26. The van der Waals surface area contributed by atoms with Crippen LogP contribution in [0.5, 0.6) is 0 Å². The first kappa shape index (κ1) is 12.9. The number of hydrogen-bond acceptors (Lipinski definition) is 4. The van der Waals surface area contributed by atoms with Gasteiger partial charge in [-0.3, -0.25) is 4.90 Å². The van der Waals surface area contributed by atoms with Gasteiger partial charge >= 0.3 is 0 Å². The summed E-state index contributed by atoms with van der Waals surface area (Å²) in [5.74, 6) is 1.05. The van der Waals surface area contributed by atoms with Crippen LogP contribution in [0, 0.1) is 0 Å². The molecule has 2 aliphatic heterocycles. The molecule has 2 unspecified atom stereocenters. The maximum Gasteiger partial charge on any atom is 0.128 e. The molecule has 2 saturated heterocycles. The van der Waals surface area contributed by atoms with Crippen molar-refractivity contribution in [2.24, 2.45) is 0 Å². The van der Waals surface area contributed by atoms with Gasteiger partial charge in [-0.1, -0.05) is 6.07 Å². The molecule has 2 aliphatic rings. The summed E-state index contributed by atoms with van der Waals surface area (Å²) in [4.78, 5) is 9.56. The van der Waals surface area contributed by atoms with Gasteiger partial charge < -0.3 is 10.0 Å². The van der Waals surface area contributed by atoms with Gasteiger partial charge in [0.1, 0.15) is 5.82 Å². The van der Waals surface area contributed by atoms with E-state index in [-0.39, 0.29) is 0 Å². The van der Waals surface area contributed by atoms with Crippen LogP contribution in [0.25, 0.3) is 0 Å². The number of pyridine rings is 1. The maximum absolute atomic E-state index is 9.53. The van der Waals surface area contributed by atoms with Crippen molar-refractivity contribution >= 4 is 5.82 Å². The molecule has 0 aliphatic carbocycles. The quantitative estimate of drug-likeness (QED) is 0.881. The van der Waals surface area contributed by atoms with Crippen molar-refractivity contribution in [1.29, 1.82) is 0 Å². The summed E-state index contributed by atoms with van der Waals surface area (Å²) >= 11 is 0. The fourth-order valence-corrected chi connectivity index (χ4v) is 3.25. The number of hydrogen-bond donors (Lipinski definition) is 1. The standard InChI is InChI=1S/C15H23N3O/c1-12(19)13-5-6-15(16-10-13)18-9-3-8-17-7-2-4-14(17)11-18/h5-6,10,12,14,19H,2-4,7-9,11H2,1H3. The van der Waals surface area contributed by atoms with Crippen molar-refractivity contribution in [3.05, 3.63) is 23.9 Å². The third-order valence-corrected chi connectivity index (χ3v) is 4.38. The summed E-state index contributed by atoms with van der Waals surface area (Å²) in [5, 5.41) is 9.53. The van der Waals surface area contributed by atoms with Crippen LogP contribution in [0.4, 0.5) is 5.82 Å². The predicted octanol–water partition coefficient (Wildman–Crippen LogP) is 1.81. The summed E-state index contributed by atoms with van der Waals surface area (Å²) in [7, 11) is 0. The zero-order valence-electron chi connectivity index (χ0n) is 11.6. The zero-order chi connectivity index (χ0) is 13.2. The molecule has 0 amide bonds. The van der Waals surface area contributed by atoms with Crippen LogP contribution in [-0.2, 0) is 0 Å². The highest BCUT2D eigenvalue weighted by Gasteiger charge is 2.29. The maximum atomic E-state index is 9.53. The second-order valence-corrected chi connectivity index (χ2v) is 5.76. The molecule has 19 heavy (non-hydrogen) atoms. The van der Waals surface area contributed by atoms with Crippen molar-refractivity contribution < 1.29 is 5.11 Å². The highest BCUT2D eigenvalue weighted by molar-refractivity contribution is 5.40. The first-order valence-corrected chi connectivity index (χ1v) is 7.37. The molecular weight excluding hydrogens is 238 g/mol. The Morgan fingerprint density at radius 1 is 1.26 bits per heavy atom. The molecule has 2 fully saturated rings. The number of anilines is 1. The lowest BCUT2D eigenvalue weighted by Crippen LogP contribution is -2.36. The number of aliphatic hydroxyl groups is 1. The van der Waals surface area contributed by atoms with E-state index in [1.807, 2.05) is 12.1 Å². The summed E-state index contributed by atoms with van der Waals surface area (Å²) in [6.45, 7) is 6.47. The Morgan fingerprint density at radius 3 is 2.84 bits per heavy atom. The summed E-state index contributed by atoms with van der Waals surface area (Å²) in [6, 6.07) is 4.75. The molecule has 104 valence electrons. The van der Waals surface area contributed by atoms with E-state index in [4.69, 9.17) is 0 Å². The molecule has 0 spiro atoms. The highest BCUT2D eigenvalue weighted by atomic mass is 16.3. The van der Waals surface area contributed by atoms with Crippen LogP contribution in [0.2, 0.25) is 0 Å². The van der Waals surface area contributed by atoms with Gasteiger partial charge in [-0.2, -0.15) is 0 Å². The number of fused-ring (bicyclic) bond motifs is 1. The zero-order valence-corrected chi connectivity index (χ0v) is 11.6. The van der Waals surface area contributed by atoms with Crippen LogP contribution < -0.4 is 4.90 Å². The van der Waals surface area contributed by atoms with Crippen molar-refractivity contribution in [2.75, 3.05) is 31.1 Å². The van der Waals surface area contributed by atoms with Gasteiger partial charge in [0, 0.05) is 31.9 Å². The van der Waals surface area contributed by atoms with Crippen LogP contribution in [-0.4, -0.2) is 47.2 Å². The van der Waals surface area contributed by atoms with Crippen LogP contribution in [0.3, 0.4) is 0 Å². The second kappa shape index (κ2) is 5.47. The van der Waals surface area contributed by atoms with Crippen molar-refractivity contribution in [3.8, 4) is 0 Å². The largest absolute Gasteiger partial charge is 0.389 e. The fourth-order valence-electron chi connectivity index (χ4n) is 3.25. The van der Waals surface area contributed by atoms with Crippen molar-refractivity contribution in [2.45, 2.75) is 38.3 Å². The van der Waals surface area contributed by atoms with E-state index in [1.165, 1.54) is 32.4 Å². The average molecular weight is 261 g/mol. The van der Waals surface area contributed by atoms with Gasteiger partial charge in [0.15, 0.2) is 0 Å². The van der Waals surface area contributed by atoms with E-state index in [9.17, 15) is 5.11 Å². The summed E-state index contributed by atoms with van der Waals surface area (Å²) < 4.78 is 0. The Balaban J connectivity index is 1.73. The summed E-state index contributed by atoms with van der Waals surface area (Å²) in [5.41, 5.74) is 0.890. The van der Waals surface area contributed by atoms with Gasteiger partial charge in [-0.15, -0.1) is 0 Å². The number of aromatic nitrogens is 1. The molecule has 1 aromatic rings. The van der Waals surface area contributed by atoms with E-state index < -0.39 is 6.10 Å². The molecule has 1 aromatic heterocycles. The predicted molar refractivity (Wildman–Crippen MR) is 76.3 cm³/mol. The SMILES string of the molecule is CC(O)c1ccc(N2CCCN3CCCC3C2)nc1. The van der Waals surface area contributed by atoms with Gasteiger partial charge in [0.2, 0.25) is 0 Å². The first-order valence-electron chi connectivity index (χ1n) is 7.37. The van der Waals surface area contributed by atoms with Crippen LogP contribution in [0.1, 0.15) is 37.9 Å². The monoisotopic (exact) mass is 261 g/mol. The Hall–Kier alpha value is -1.13.